The number of thioether (sulfide) groups is 1. The monoisotopic (exact) mass is 747 g/mol. The summed E-state index contributed by atoms with van der Waals surface area (Å²) < 4.78 is 14.3. The Morgan fingerprint density at radius 1 is 1.12 bits per heavy atom. The second kappa shape index (κ2) is 18.6. The van der Waals surface area contributed by atoms with E-state index in [0.717, 1.165) is 21.6 Å². The number of hydrogen-bond acceptors (Lipinski definition) is 12. The molecule has 0 aliphatic carbocycles. The molecule has 264 valence electrons. The van der Waals surface area contributed by atoms with Gasteiger partial charge in [0.1, 0.15) is 53.4 Å². The van der Waals surface area contributed by atoms with E-state index in [1.165, 1.54) is 30.0 Å². The highest BCUT2D eigenvalue weighted by molar-refractivity contribution is 7.98. The highest BCUT2D eigenvalue weighted by atomic mass is 35.5. The third-order valence-electron chi connectivity index (χ3n) is 7.23. The Labute approximate surface area is 309 Å². The summed E-state index contributed by atoms with van der Waals surface area (Å²) in [4.78, 5) is 37.1. The standard InChI is InChI=1S/C34H35ClN10O4S2/c1-19(33(47)48)43-30(46)27(3-2-12-42-34(39)40)41-13-14-49-24-10-6-20(7-11-24)28-25(15-36)29(38)45-32(26(28)16-37)51-18-23-17-50-31(44-23)21-4-8-22(35)9-5-21/h4-11,17,19,27,41H,2-3,12-14,18H2,1H3,(H2,38,45)(H,43,46)(H,47,48)(H4,39,40,42)/t19-,27-/m0/s1/i/hD. The lowest BCUT2D eigenvalue weighted by atomic mass is 9.97. The van der Waals surface area contributed by atoms with Gasteiger partial charge in [-0.1, -0.05) is 47.6 Å². The molecule has 0 aliphatic rings. The quantitative estimate of drug-likeness (QED) is 0.0385. The maximum absolute atomic E-state index is 12.8. The number of carbonyl (C=O) groups excluding carboxylic acids is 1. The average Bonchev–Trinajstić information content (AvgIpc) is 3.59. The summed E-state index contributed by atoms with van der Waals surface area (Å²) in [5.41, 5.74) is 19.8. The maximum atomic E-state index is 12.8. The summed E-state index contributed by atoms with van der Waals surface area (Å²) in [6.45, 7) is 1.58. The number of thiazole rings is 1. The number of pyridine rings is 1. The molecule has 0 fully saturated rings. The SMILES string of the molecule is [2H]N(CCOc1ccc(-c2c(C#N)c(N)nc(SCc3csc(-c4ccc(Cl)cc4)n3)c2C#N)cc1)[C@@H](CCCN=C(N)N)C(=O)N[C@@H](C)C(=O)O. The van der Waals surface area contributed by atoms with Gasteiger partial charge in [-0.15, -0.1) is 11.3 Å². The number of benzene rings is 2. The molecule has 0 spiro atoms. The number of nitrogens with two attached hydrogens (primary N) is 3. The summed E-state index contributed by atoms with van der Waals surface area (Å²) in [5.74, 6) is -1.09. The van der Waals surface area contributed by atoms with E-state index < -0.39 is 24.0 Å². The van der Waals surface area contributed by atoms with Gasteiger partial charge in [0.15, 0.2) is 5.96 Å². The molecule has 4 rings (SSSR count). The first-order valence-corrected chi connectivity index (χ1v) is 17.7. The molecule has 0 bridgehead atoms. The first kappa shape index (κ1) is 36.9. The van der Waals surface area contributed by atoms with Crippen LogP contribution in [0.5, 0.6) is 5.75 Å². The van der Waals surface area contributed by atoms with Crippen molar-refractivity contribution in [3.8, 4) is 39.6 Å². The lowest BCUT2D eigenvalue weighted by Gasteiger charge is -2.20. The second-order valence-electron chi connectivity index (χ2n) is 10.9. The van der Waals surface area contributed by atoms with Gasteiger partial charge in [0.2, 0.25) is 5.91 Å². The number of hydrogen-bond donors (Lipinski definition) is 6. The van der Waals surface area contributed by atoms with Gasteiger partial charge in [-0.05, 0) is 49.6 Å². The van der Waals surface area contributed by atoms with Crippen molar-refractivity contribution in [2.45, 2.75) is 42.6 Å². The van der Waals surface area contributed by atoms with Crippen molar-refractivity contribution in [2.24, 2.45) is 16.5 Å². The molecule has 4 aromatic rings. The van der Waals surface area contributed by atoms with E-state index in [4.69, 9.17) is 39.9 Å². The molecule has 17 heteroatoms. The van der Waals surface area contributed by atoms with Crippen molar-refractivity contribution in [2.75, 3.05) is 25.4 Å². The number of ether oxygens (including phenoxy) is 1. The van der Waals surface area contributed by atoms with Gasteiger partial charge < -0.3 is 37.7 Å². The lowest BCUT2D eigenvalue weighted by molar-refractivity contribution is -0.141. The Hall–Kier alpha value is -5.39. The molecule has 9 N–H and O–H groups in total. The number of carboxylic acid groups (broad SMARTS) is 1. The lowest BCUT2D eigenvalue weighted by Crippen LogP contribution is -2.50. The topological polar surface area (TPSA) is 251 Å². The van der Waals surface area contributed by atoms with E-state index in [0.29, 0.717) is 39.1 Å². The molecular formula is C34H35ClN10O4S2. The first-order chi connectivity index (χ1) is 24.9. The number of aliphatic imine (C=N–C) groups is 1. The summed E-state index contributed by atoms with van der Waals surface area (Å²) in [6, 6.07) is 16.2. The fourth-order valence-corrected chi connectivity index (χ4v) is 6.64. The van der Waals surface area contributed by atoms with Crippen LogP contribution in [0, 0.1) is 22.7 Å². The summed E-state index contributed by atoms with van der Waals surface area (Å²) >= 11 is 8.78. The fourth-order valence-electron chi connectivity index (χ4n) is 4.69. The van der Waals surface area contributed by atoms with Crippen LogP contribution in [0.15, 0.2) is 63.9 Å². The van der Waals surface area contributed by atoms with Crippen LogP contribution in [0.4, 0.5) is 5.82 Å². The van der Waals surface area contributed by atoms with Crippen molar-refractivity contribution in [3.05, 3.63) is 75.8 Å². The molecule has 51 heavy (non-hydrogen) atoms. The largest absolute Gasteiger partial charge is 0.492 e. The zero-order chi connectivity index (χ0) is 37.8. The Morgan fingerprint density at radius 3 is 2.45 bits per heavy atom. The number of halogens is 1. The predicted molar refractivity (Wildman–Crippen MR) is 198 cm³/mol. The zero-order valence-corrected chi connectivity index (χ0v) is 29.8. The number of nitrogen functional groups attached to an aromatic ring is 1. The Kier molecular flexibility index (Phi) is 13.4. The Morgan fingerprint density at radius 2 is 1.80 bits per heavy atom. The third kappa shape index (κ3) is 10.8. The van der Waals surface area contributed by atoms with Crippen molar-refractivity contribution in [3.63, 3.8) is 0 Å². The number of aliphatic carboxylic acids is 1. The molecule has 0 unspecified atom stereocenters. The number of nitriles is 2. The number of nitrogens with zero attached hydrogens (tertiary/aromatic N) is 5. The first-order valence-electron chi connectivity index (χ1n) is 15.9. The summed E-state index contributed by atoms with van der Waals surface area (Å²) in [7, 11) is 0. The number of guanidine groups is 1. The number of carboxylic acids is 1. The molecule has 2 heterocycles. The molecule has 2 atom stereocenters. The zero-order valence-electron chi connectivity index (χ0n) is 28.4. The van der Waals surface area contributed by atoms with Gasteiger partial charge in [-0.3, -0.25) is 14.6 Å². The normalized spacial score (nSPS) is 12.2. The minimum absolute atomic E-state index is 0.00238. The van der Waals surface area contributed by atoms with Gasteiger partial charge in [-0.2, -0.15) is 10.5 Å². The van der Waals surface area contributed by atoms with E-state index in [1.54, 1.807) is 36.4 Å². The van der Waals surface area contributed by atoms with Gasteiger partial charge in [0, 0.05) is 40.4 Å². The van der Waals surface area contributed by atoms with Crippen LogP contribution < -0.4 is 32.6 Å². The number of anilines is 1. The molecule has 0 radical (unpaired) electrons. The van der Waals surface area contributed by atoms with Crippen LogP contribution in [-0.4, -0.2) is 64.7 Å². The van der Waals surface area contributed by atoms with Gasteiger partial charge in [0.25, 0.3) is 0 Å². The molecule has 0 saturated carbocycles. The molecule has 2 aromatic heterocycles. The van der Waals surface area contributed by atoms with E-state index in [2.05, 4.69) is 27.4 Å². The van der Waals surface area contributed by atoms with Crippen LogP contribution in [0.2, 0.25) is 6.43 Å². The van der Waals surface area contributed by atoms with Crippen molar-refractivity contribution < 1.29 is 20.8 Å². The Balaban J connectivity index is 1.45. The summed E-state index contributed by atoms with van der Waals surface area (Å²) in [6.07, 6.45) is 0.569. The summed E-state index contributed by atoms with van der Waals surface area (Å²) in [5, 5.41) is 36.5. The van der Waals surface area contributed by atoms with E-state index in [1.807, 2.05) is 17.5 Å². The highest BCUT2D eigenvalue weighted by Gasteiger charge is 2.23. The van der Waals surface area contributed by atoms with Crippen LogP contribution in [0.3, 0.4) is 0 Å². The molecular weight excluding hydrogens is 712 g/mol. The highest BCUT2D eigenvalue weighted by Crippen LogP contribution is 2.37. The van der Waals surface area contributed by atoms with Crippen LogP contribution in [0.1, 0.15) is 36.6 Å². The molecule has 0 aliphatic heterocycles. The van der Waals surface area contributed by atoms with Gasteiger partial charge in [0.05, 0.1) is 17.3 Å². The fraction of sp³-hybridized carbons (Fsp3) is 0.265. The van der Waals surface area contributed by atoms with Crippen LogP contribution in [0.25, 0.3) is 21.7 Å². The predicted octanol–water partition coefficient (Wildman–Crippen LogP) is 4.12. The van der Waals surface area contributed by atoms with Crippen molar-refractivity contribution in [1.82, 2.24) is 20.6 Å². The maximum Gasteiger partial charge on any atom is 0.325 e. The van der Waals surface area contributed by atoms with E-state index in [9.17, 15) is 25.2 Å². The Bertz CT molecular complexity index is 2000. The molecule has 1 amide bonds. The molecule has 14 nitrogen and oxygen atoms in total. The van der Waals surface area contributed by atoms with Crippen molar-refractivity contribution in [1.29, 1.82) is 10.5 Å². The van der Waals surface area contributed by atoms with Gasteiger partial charge in [-0.25, -0.2) is 9.97 Å². The number of rotatable bonds is 17. The number of aromatic nitrogens is 2. The number of carbonyl (C=O) groups is 2. The second-order valence-corrected chi connectivity index (χ2v) is 13.2. The molecule has 0 saturated heterocycles. The number of amides is 1. The number of nitrogens with one attached hydrogen (secondary N) is 2. The smallest absolute Gasteiger partial charge is 0.325 e. The van der Waals surface area contributed by atoms with E-state index in [-0.39, 0.29) is 49.0 Å². The van der Waals surface area contributed by atoms with Crippen LogP contribution >= 0.6 is 34.7 Å². The van der Waals surface area contributed by atoms with E-state index >= 15 is 0 Å². The third-order valence-corrected chi connectivity index (χ3v) is 9.43. The van der Waals surface area contributed by atoms with Crippen molar-refractivity contribution >= 4 is 58.4 Å². The minimum Gasteiger partial charge on any atom is -0.492 e. The van der Waals surface area contributed by atoms with Crippen LogP contribution in [-0.2, 0) is 15.3 Å². The average molecular weight is 748 g/mol. The van der Waals surface area contributed by atoms with Gasteiger partial charge >= 0.3 is 5.97 Å². The minimum atomic E-state index is -1.20. The molecule has 2 aromatic carbocycles.